The molecule has 1 atom stereocenters. The number of rotatable bonds is 6. The summed E-state index contributed by atoms with van der Waals surface area (Å²) in [5.41, 5.74) is 0.912. The number of halogens is 1. The summed E-state index contributed by atoms with van der Waals surface area (Å²) in [6, 6.07) is 11.3. The third-order valence-electron chi connectivity index (χ3n) is 5.01. The monoisotopic (exact) mass is 430 g/mol. The number of hydrogen-bond donors (Lipinski definition) is 0. The maximum absolute atomic E-state index is 12.9. The van der Waals surface area contributed by atoms with Crippen LogP contribution in [-0.2, 0) is 11.3 Å². The zero-order chi connectivity index (χ0) is 20.2. The highest BCUT2D eigenvalue weighted by Gasteiger charge is 2.26. The first kappa shape index (κ1) is 20.0. The molecule has 0 radical (unpaired) electrons. The standard InChI is InChI=1S/C21H23ClN4O2S/c1-15(20(27)25-11-3-2-4-12-25)29-21-24-23-19(16-7-9-17(22)10-8-16)26(21)14-18-6-5-13-28-18/h5-10,13,15H,2-4,11-12,14H2,1H3. The molecule has 1 fully saturated rings. The van der Waals surface area contributed by atoms with Gasteiger partial charge in [0.1, 0.15) is 5.76 Å². The second-order valence-electron chi connectivity index (χ2n) is 7.12. The van der Waals surface area contributed by atoms with E-state index in [2.05, 4.69) is 10.2 Å². The number of furan rings is 1. The van der Waals surface area contributed by atoms with E-state index in [9.17, 15) is 4.79 Å². The van der Waals surface area contributed by atoms with Gasteiger partial charge in [-0.2, -0.15) is 0 Å². The topological polar surface area (TPSA) is 64.2 Å². The molecular weight excluding hydrogens is 408 g/mol. The minimum absolute atomic E-state index is 0.162. The fourth-order valence-corrected chi connectivity index (χ4v) is 4.53. The predicted molar refractivity (Wildman–Crippen MR) is 114 cm³/mol. The van der Waals surface area contributed by atoms with Crippen LogP contribution in [0.25, 0.3) is 11.4 Å². The SMILES string of the molecule is CC(Sc1nnc(-c2ccc(Cl)cc2)n1Cc1ccco1)C(=O)N1CCCCC1. The summed E-state index contributed by atoms with van der Waals surface area (Å²) in [6.45, 7) is 4.12. The van der Waals surface area contributed by atoms with Crippen LogP contribution in [0.15, 0.2) is 52.2 Å². The highest BCUT2D eigenvalue weighted by atomic mass is 35.5. The predicted octanol–water partition coefficient (Wildman–Crippen LogP) is 4.73. The number of piperidine rings is 1. The van der Waals surface area contributed by atoms with Gasteiger partial charge < -0.3 is 9.32 Å². The molecule has 6 nitrogen and oxygen atoms in total. The number of aromatic nitrogens is 3. The molecule has 152 valence electrons. The summed E-state index contributed by atoms with van der Waals surface area (Å²) in [5.74, 6) is 1.69. The highest BCUT2D eigenvalue weighted by Crippen LogP contribution is 2.29. The number of likely N-dealkylation sites (tertiary alicyclic amines) is 1. The lowest BCUT2D eigenvalue weighted by Crippen LogP contribution is -2.40. The summed E-state index contributed by atoms with van der Waals surface area (Å²) in [4.78, 5) is 14.8. The van der Waals surface area contributed by atoms with Gasteiger partial charge in [-0.25, -0.2) is 0 Å². The van der Waals surface area contributed by atoms with Crippen LogP contribution in [0.1, 0.15) is 31.9 Å². The van der Waals surface area contributed by atoms with Gasteiger partial charge in [-0.3, -0.25) is 9.36 Å². The quantitative estimate of drug-likeness (QED) is 0.529. The van der Waals surface area contributed by atoms with Gasteiger partial charge in [0.25, 0.3) is 0 Å². The molecule has 1 aromatic carbocycles. The Morgan fingerprint density at radius 3 is 2.62 bits per heavy atom. The summed E-state index contributed by atoms with van der Waals surface area (Å²) >= 11 is 7.48. The molecule has 8 heteroatoms. The number of carbonyl (C=O) groups is 1. The molecule has 4 rings (SSSR count). The van der Waals surface area contributed by atoms with Gasteiger partial charge in [0.15, 0.2) is 11.0 Å². The first-order chi connectivity index (χ1) is 14.1. The van der Waals surface area contributed by atoms with E-state index in [1.165, 1.54) is 18.2 Å². The van der Waals surface area contributed by atoms with Gasteiger partial charge in [0.2, 0.25) is 5.91 Å². The number of hydrogen-bond acceptors (Lipinski definition) is 5. The Bertz CT molecular complexity index is 950. The van der Waals surface area contributed by atoms with E-state index in [-0.39, 0.29) is 11.2 Å². The molecule has 1 aliphatic rings. The van der Waals surface area contributed by atoms with Crippen molar-refractivity contribution in [3.63, 3.8) is 0 Å². The lowest BCUT2D eigenvalue weighted by Gasteiger charge is -2.28. The van der Waals surface area contributed by atoms with Crippen LogP contribution in [0, 0.1) is 0 Å². The molecule has 2 aromatic heterocycles. The van der Waals surface area contributed by atoms with Crippen molar-refractivity contribution < 1.29 is 9.21 Å². The average molecular weight is 431 g/mol. The third kappa shape index (κ3) is 4.67. The van der Waals surface area contributed by atoms with Crippen LogP contribution in [0.4, 0.5) is 0 Å². The molecule has 1 aliphatic heterocycles. The lowest BCUT2D eigenvalue weighted by molar-refractivity contribution is -0.131. The Morgan fingerprint density at radius 2 is 1.93 bits per heavy atom. The van der Waals surface area contributed by atoms with E-state index in [1.54, 1.807) is 6.26 Å². The Labute approximate surface area is 179 Å². The number of nitrogens with zero attached hydrogens (tertiary/aromatic N) is 4. The first-order valence-corrected chi connectivity index (χ1v) is 11.0. The molecule has 0 N–H and O–H groups in total. The fraction of sp³-hybridized carbons (Fsp3) is 0.381. The molecule has 1 saturated heterocycles. The molecule has 0 bridgehead atoms. The zero-order valence-electron chi connectivity index (χ0n) is 16.3. The molecule has 1 amide bonds. The van der Waals surface area contributed by atoms with Crippen molar-refractivity contribution >= 4 is 29.3 Å². The molecule has 0 saturated carbocycles. The van der Waals surface area contributed by atoms with Crippen LogP contribution in [-0.4, -0.2) is 43.9 Å². The van der Waals surface area contributed by atoms with E-state index in [0.717, 1.165) is 43.1 Å². The van der Waals surface area contributed by atoms with Crippen molar-refractivity contribution in [2.75, 3.05) is 13.1 Å². The Balaban J connectivity index is 1.60. The maximum Gasteiger partial charge on any atom is 0.235 e. The van der Waals surface area contributed by atoms with Crippen LogP contribution in [0.2, 0.25) is 5.02 Å². The van der Waals surface area contributed by atoms with Crippen molar-refractivity contribution in [2.45, 2.75) is 43.1 Å². The molecule has 3 heterocycles. The van der Waals surface area contributed by atoms with Crippen molar-refractivity contribution in [1.29, 1.82) is 0 Å². The van der Waals surface area contributed by atoms with Crippen LogP contribution >= 0.6 is 23.4 Å². The number of amides is 1. The van der Waals surface area contributed by atoms with E-state index in [4.69, 9.17) is 16.0 Å². The summed E-state index contributed by atoms with van der Waals surface area (Å²) < 4.78 is 7.53. The normalized spacial score (nSPS) is 15.4. The van der Waals surface area contributed by atoms with Gasteiger partial charge >= 0.3 is 0 Å². The molecule has 1 unspecified atom stereocenters. The fourth-order valence-electron chi connectivity index (χ4n) is 3.47. The van der Waals surface area contributed by atoms with Gasteiger partial charge in [0.05, 0.1) is 18.1 Å². The largest absolute Gasteiger partial charge is 0.467 e. The lowest BCUT2D eigenvalue weighted by atomic mass is 10.1. The van der Waals surface area contributed by atoms with Crippen molar-refractivity contribution in [1.82, 2.24) is 19.7 Å². The molecule has 3 aromatic rings. The van der Waals surface area contributed by atoms with E-state index in [0.29, 0.717) is 16.7 Å². The maximum atomic E-state index is 12.9. The summed E-state index contributed by atoms with van der Waals surface area (Å²) in [5, 5.41) is 9.93. The van der Waals surface area contributed by atoms with Gasteiger partial charge in [-0.1, -0.05) is 23.4 Å². The van der Waals surface area contributed by atoms with Crippen molar-refractivity contribution in [2.24, 2.45) is 0 Å². The first-order valence-electron chi connectivity index (χ1n) is 9.79. The number of thioether (sulfide) groups is 1. The van der Waals surface area contributed by atoms with E-state index >= 15 is 0 Å². The Morgan fingerprint density at radius 1 is 1.17 bits per heavy atom. The Kier molecular flexibility index (Phi) is 6.25. The summed E-state index contributed by atoms with van der Waals surface area (Å²) in [6.07, 6.45) is 5.02. The van der Waals surface area contributed by atoms with Crippen LogP contribution in [0.5, 0.6) is 0 Å². The molecular formula is C21H23ClN4O2S. The molecule has 29 heavy (non-hydrogen) atoms. The van der Waals surface area contributed by atoms with Crippen LogP contribution in [0.3, 0.4) is 0 Å². The Hall–Kier alpha value is -2.25. The van der Waals surface area contributed by atoms with Gasteiger partial charge in [0, 0.05) is 23.7 Å². The van der Waals surface area contributed by atoms with Crippen LogP contribution < -0.4 is 0 Å². The van der Waals surface area contributed by atoms with Gasteiger partial charge in [-0.05, 0) is 62.6 Å². The third-order valence-corrected chi connectivity index (χ3v) is 6.33. The zero-order valence-corrected chi connectivity index (χ0v) is 17.8. The van der Waals surface area contributed by atoms with Crippen molar-refractivity contribution in [3.8, 4) is 11.4 Å². The second kappa shape index (κ2) is 9.05. The minimum Gasteiger partial charge on any atom is -0.467 e. The number of carbonyl (C=O) groups excluding carboxylic acids is 1. The second-order valence-corrected chi connectivity index (χ2v) is 8.87. The smallest absolute Gasteiger partial charge is 0.235 e. The molecule has 0 aliphatic carbocycles. The summed E-state index contributed by atoms with van der Waals surface area (Å²) in [7, 11) is 0. The van der Waals surface area contributed by atoms with E-state index in [1.807, 2.05) is 52.8 Å². The van der Waals surface area contributed by atoms with E-state index < -0.39 is 0 Å². The minimum atomic E-state index is -0.231. The average Bonchev–Trinajstić information content (AvgIpc) is 3.40. The molecule has 0 spiro atoms. The highest BCUT2D eigenvalue weighted by molar-refractivity contribution is 8.00. The number of benzene rings is 1. The van der Waals surface area contributed by atoms with Gasteiger partial charge in [-0.15, -0.1) is 10.2 Å². The van der Waals surface area contributed by atoms with Crippen molar-refractivity contribution in [3.05, 3.63) is 53.4 Å².